The number of benzene rings is 1. The van der Waals surface area contributed by atoms with E-state index in [4.69, 9.17) is 9.47 Å². The number of likely N-dealkylation sites (tertiary alicyclic amines) is 1. The van der Waals surface area contributed by atoms with E-state index in [-0.39, 0.29) is 5.82 Å². The standard InChI is InChI=1S/C23H35FN2O2/c24-23-6-2-1-4-20(23)17-25-11-7-19(8-12-25)16-26(18-22-5-3-13-28-22)21-9-14-27-15-10-21/h1-2,4,6,19,21-22H,3,5,7-18H2/t22-/m0/s1. The van der Waals surface area contributed by atoms with Crippen molar-refractivity contribution in [2.24, 2.45) is 5.92 Å². The average molecular weight is 391 g/mol. The van der Waals surface area contributed by atoms with Gasteiger partial charge in [-0.05, 0) is 63.6 Å². The number of hydrogen-bond acceptors (Lipinski definition) is 4. The molecule has 0 saturated carbocycles. The van der Waals surface area contributed by atoms with Gasteiger partial charge in [0.1, 0.15) is 5.82 Å². The van der Waals surface area contributed by atoms with Gasteiger partial charge in [0.05, 0.1) is 6.10 Å². The molecule has 1 aromatic rings. The van der Waals surface area contributed by atoms with E-state index >= 15 is 0 Å². The molecule has 156 valence electrons. The van der Waals surface area contributed by atoms with E-state index < -0.39 is 0 Å². The number of ether oxygens (including phenoxy) is 2. The maximum absolute atomic E-state index is 13.9. The molecule has 3 fully saturated rings. The van der Waals surface area contributed by atoms with E-state index in [1.165, 1.54) is 32.2 Å². The highest BCUT2D eigenvalue weighted by atomic mass is 19.1. The third-order valence-corrected chi connectivity index (χ3v) is 6.72. The van der Waals surface area contributed by atoms with Crippen LogP contribution in [-0.4, -0.2) is 67.9 Å². The number of hydrogen-bond donors (Lipinski definition) is 0. The fourth-order valence-corrected chi connectivity index (χ4v) is 5.00. The van der Waals surface area contributed by atoms with Crippen molar-refractivity contribution in [1.82, 2.24) is 9.80 Å². The van der Waals surface area contributed by atoms with Crippen molar-refractivity contribution in [1.29, 1.82) is 0 Å². The van der Waals surface area contributed by atoms with Crippen LogP contribution in [0.25, 0.3) is 0 Å². The maximum atomic E-state index is 13.9. The molecule has 3 heterocycles. The van der Waals surface area contributed by atoms with Crippen molar-refractivity contribution >= 4 is 0 Å². The van der Waals surface area contributed by atoms with Gasteiger partial charge in [-0.3, -0.25) is 9.80 Å². The summed E-state index contributed by atoms with van der Waals surface area (Å²) in [6.45, 7) is 7.86. The number of halogens is 1. The van der Waals surface area contributed by atoms with Crippen LogP contribution in [0.3, 0.4) is 0 Å². The van der Waals surface area contributed by atoms with Crippen molar-refractivity contribution in [3.63, 3.8) is 0 Å². The third-order valence-electron chi connectivity index (χ3n) is 6.72. The van der Waals surface area contributed by atoms with Crippen LogP contribution in [0.1, 0.15) is 44.1 Å². The zero-order valence-electron chi connectivity index (χ0n) is 17.0. The summed E-state index contributed by atoms with van der Waals surface area (Å²) in [5, 5.41) is 0. The highest BCUT2D eigenvalue weighted by Gasteiger charge is 2.29. The van der Waals surface area contributed by atoms with E-state index in [0.717, 1.165) is 70.3 Å². The summed E-state index contributed by atoms with van der Waals surface area (Å²) in [5.41, 5.74) is 0.822. The van der Waals surface area contributed by atoms with Gasteiger partial charge in [-0.1, -0.05) is 18.2 Å². The number of piperidine rings is 1. The summed E-state index contributed by atoms with van der Waals surface area (Å²) in [6, 6.07) is 7.83. The molecule has 3 aliphatic rings. The van der Waals surface area contributed by atoms with Gasteiger partial charge < -0.3 is 9.47 Å². The van der Waals surface area contributed by atoms with E-state index in [1.54, 1.807) is 12.1 Å². The van der Waals surface area contributed by atoms with Crippen molar-refractivity contribution < 1.29 is 13.9 Å². The van der Waals surface area contributed by atoms with Crippen LogP contribution in [0, 0.1) is 11.7 Å². The Kier molecular flexibility index (Phi) is 7.35. The molecule has 0 amide bonds. The quantitative estimate of drug-likeness (QED) is 0.709. The van der Waals surface area contributed by atoms with Crippen molar-refractivity contribution in [3.8, 4) is 0 Å². The zero-order valence-corrected chi connectivity index (χ0v) is 17.0. The third kappa shape index (κ3) is 5.53. The van der Waals surface area contributed by atoms with Crippen molar-refractivity contribution in [3.05, 3.63) is 35.6 Å². The minimum Gasteiger partial charge on any atom is -0.381 e. The highest BCUT2D eigenvalue weighted by Crippen LogP contribution is 2.25. The van der Waals surface area contributed by atoms with Crippen LogP contribution in [-0.2, 0) is 16.0 Å². The molecule has 4 nitrogen and oxygen atoms in total. The molecule has 0 radical (unpaired) electrons. The fourth-order valence-electron chi connectivity index (χ4n) is 5.00. The van der Waals surface area contributed by atoms with Gasteiger partial charge in [0.25, 0.3) is 0 Å². The molecule has 4 rings (SSSR count). The minimum atomic E-state index is -0.0770. The molecule has 0 aromatic heterocycles. The monoisotopic (exact) mass is 390 g/mol. The number of nitrogens with zero attached hydrogens (tertiary/aromatic N) is 2. The molecule has 5 heteroatoms. The fraction of sp³-hybridized carbons (Fsp3) is 0.739. The lowest BCUT2D eigenvalue weighted by Gasteiger charge is -2.40. The molecule has 0 aliphatic carbocycles. The summed E-state index contributed by atoms with van der Waals surface area (Å²) in [5.74, 6) is 0.660. The van der Waals surface area contributed by atoms with E-state index in [0.29, 0.717) is 12.1 Å². The molecule has 0 N–H and O–H groups in total. The summed E-state index contributed by atoms with van der Waals surface area (Å²) in [7, 11) is 0. The van der Waals surface area contributed by atoms with Crippen LogP contribution in [0.5, 0.6) is 0 Å². The van der Waals surface area contributed by atoms with Gasteiger partial charge in [-0.15, -0.1) is 0 Å². The van der Waals surface area contributed by atoms with Crippen molar-refractivity contribution in [2.45, 2.75) is 57.2 Å². The highest BCUT2D eigenvalue weighted by molar-refractivity contribution is 5.17. The smallest absolute Gasteiger partial charge is 0.127 e. The van der Waals surface area contributed by atoms with Crippen molar-refractivity contribution in [2.75, 3.05) is 46.0 Å². The minimum absolute atomic E-state index is 0.0770. The van der Waals surface area contributed by atoms with E-state index in [9.17, 15) is 4.39 Å². The molecule has 1 aromatic carbocycles. The van der Waals surface area contributed by atoms with Crippen LogP contribution in [0.4, 0.5) is 4.39 Å². The van der Waals surface area contributed by atoms with E-state index in [1.807, 2.05) is 12.1 Å². The second-order valence-electron chi connectivity index (χ2n) is 8.74. The van der Waals surface area contributed by atoms with Gasteiger partial charge >= 0.3 is 0 Å². The predicted octanol–water partition coefficient (Wildman–Crippen LogP) is 3.70. The molecule has 1 atom stereocenters. The topological polar surface area (TPSA) is 24.9 Å². The summed E-state index contributed by atoms with van der Waals surface area (Å²) >= 11 is 0. The Morgan fingerprint density at radius 2 is 1.75 bits per heavy atom. The maximum Gasteiger partial charge on any atom is 0.127 e. The van der Waals surface area contributed by atoms with Crippen LogP contribution in [0.15, 0.2) is 24.3 Å². The molecular formula is C23H35FN2O2. The van der Waals surface area contributed by atoms with Crippen LogP contribution in [0.2, 0.25) is 0 Å². The Morgan fingerprint density at radius 3 is 2.46 bits per heavy atom. The van der Waals surface area contributed by atoms with Gasteiger partial charge in [0, 0.05) is 51.1 Å². The lowest BCUT2D eigenvalue weighted by Crippen LogP contribution is -2.47. The first-order chi connectivity index (χ1) is 13.8. The Hall–Kier alpha value is -1.01. The number of rotatable bonds is 7. The Bertz CT molecular complexity index is 594. The Balaban J connectivity index is 1.28. The summed E-state index contributed by atoms with van der Waals surface area (Å²) < 4.78 is 25.5. The Labute approximate surface area is 169 Å². The second kappa shape index (κ2) is 10.1. The lowest BCUT2D eigenvalue weighted by molar-refractivity contribution is -0.00310. The van der Waals surface area contributed by atoms with Crippen LogP contribution >= 0.6 is 0 Å². The summed E-state index contributed by atoms with van der Waals surface area (Å²) in [6.07, 6.45) is 7.56. The van der Waals surface area contributed by atoms with Gasteiger partial charge in [0.15, 0.2) is 0 Å². The molecule has 28 heavy (non-hydrogen) atoms. The van der Waals surface area contributed by atoms with Gasteiger partial charge in [-0.25, -0.2) is 4.39 Å². The SMILES string of the molecule is Fc1ccccc1CN1CCC(CN(C[C@@H]2CCCO2)C2CCOCC2)CC1. The van der Waals surface area contributed by atoms with E-state index in [2.05, 4.69) is 9.80 Å². The summed E-state index contributed by atoms with van der Waals surface area (Å²) in [4.78, 5) is 5.13. The van der Waals surface area contributed by atoms with Crippen LogP contribution < -0.4 is 0 Å². The molecule has 3 aliphatic heterocycles. The first kappa shape index (κ1) is 20.3. The molecule has 0 unspecified atom stereocenters. The molecular weight excluding hydrogens is 355 g/mol. The largest absolute Gasteiger partial charge is 0.381 e. The molecule has 0 spiro atoms. The lowest BCUT2D eigenvalue weighted by atomic mass is 9.94. The second-order valence-corrected chi connectivity index (χ2v) is 8.74. The molecule has 3 saturated heterocycles. The first-order valence-corrected chi connectivity index (χ1v) is 11.2. The Morgan fingerprint density at radius 1 is 0.964 bits per heavy atom. The van der Waals surface area contributed by atoms with Gasteiger partial charge in [-0.2, -0.15) is 0 Å². The van der Waals surface area contributed by atoms with Gasteiger partial charge in [0.2, 0.25) is 0 Å². The average Bonchev–Trinajstić information content (AvgIpc) is 3.24. The first-order valence-electron chi connectivity index (χ1n) is 11.2. The normalized spacial score (nSPS) is 25.6. The molecule has 0 bridgehead atoms. The predicted molar refractivity (Wildman–Crippen MR) is 109 cm³/mol. The zero-order chi connectivity index (χ0) is 19.2.